The van der Waals surface area contributed by atoms with Crippen LogP contribution in [0.4, 0.5) is 0 Å². The largest absolute Gasteiger partial charge is 0.485 e. The molecule has 0 saturated heterocycles. The van der Waals surface area contributed by atoms with Crippen LogP contribution in [0.3, 0.4) is 0 Å². The number of ether oxygens (including phenoxy) is 1. The summed E-state index contributed by atoms with van der Waals surface area (Å²) in [6.45, 7) is 3.94. The number of nitrogens with zero attached hydrogens (tertiary/aromatic N) is 3. The van der Waals surface area contributed by atoms with E-state index in [9.17, 15) is 9.59 Å². The third-order valence-corrected chi connectivity index (χ3v) is 4.42. The topological polar surface area (TPSA) is 106 Å². The average molecular weight is 373 g/mol. The fraction of sp³-hybridized carbons (Fsp3) is 0.474. The molecule has 1 heterocycles. The predicted molar refractivity (Wildman–Crippen MR) is 95.3 cm³/mol. The van der Waals surface area contributed by atoms with Gasteiger partial charge in [0, 0.05) is 24.6 Å². The van der Waals surface area contributed by atoms with Crippen molar-refractivity contribution < 1.29 is 24.0 Å². The molecule has 1 fully saturated rings. The number of amides is 1. The number of hydrogen-bond acceptors (Lipinski definition) is 6. The number of carbonyl (C=O) groups excluding carboxylic acids is 1. The van der Waals surface area contributed by atoms with Crippen molar-refractivity contribution in [1.29, 1.82) is 0 Å². The standard InChI is InChI=1S/C19H23N3O5/c1-3-17-20-16(21-27-17)11-26-15-8-4-13(5-9-15)18(23)22(14-6-7-14)10-12(2)19(24)25/h4-5,8-9,12,14H,3,6-7,10-11H2,1-2H3,(H,24,25). The van der Waals surface area contributed by atoms with Crippen molar-refractivity contribution in [3.8, 4) is 5.75 Å². The molecule has 8 nitrogen and oxygen atoms in total. The van der Waals surface area contributed by atoms with Gasteiger partial charge in [-0.25, -0.2) is 0 Å². The first kappa shape index (κ1) is 18.9. The zero-order chi connectivity index (χ0) is 19.4. The maximum absolute atomic E-state index is 12.8. The second-order valence-electron chi connectivity index (χ2n) is 6.70. The number of carboxylic acids is 1. The lowest BCUT2D eigenvalue weighted by Crippen LogP contribution is -2.38. The van der Waals surface area contributed by atoms with E-state index in [0.29, 0.717) is 29.4 Å². The van der Waals surface area contributed by atoms with Crippen LogP contribution < -0.4 is 4.74 Å². The van der Waals surface area contributed by atoms with Gasteiger partial charge in [0.2, 0.25) is 11.7 Å². The Morgan fingerprint density at radius 2 is 2.04 bits per heavy atom. The van der Waals surface area contributed by atoms with Crippen LogP contribution in [-0.2, 0) is 17.8 Å². The number of rotatable bonds is 9. The lowest BCUT2D eigenvalue weighted by atomic mass is 10.1. The molecular weight excluding hydrogens is 350 g/mol. The van der Waals surface area contributed by atoms with Crippen molar-refractivity contribution in [3.05, 3.63) is 41.5 Å². The summed E-state index contributed by atoms with van der Waals surface area (Å²) >= 11 is 0. The van der Waals surface area contributed by atoms with Crippen LogP contribution in [0.25, 0.3) is 0 Å². The Morgan fingerprint density at radius 1 is 1.33 bits per heavy atom. The fourth-order valence-electron chi connectivity index (χ4n) is 2.66. The molecular formula is C19H23N3O5. The van der Waals surface area contributed by atoms with Gasteiger partial charge in [0.25, 0.3) is 5.91 Å². The Labute approximate surface area is 157 Å². The van der Waals surface area contributed by atoms with Crippen molar-refractivity contribution in [2.45, 2.75) is 45.8 Å². The second kappa shape index (κ2) is 8.20. The van der Waals surface area contributed by atoms with Crippen LogP contribution in [0.2, 0.25) is 0 Å². The molecule has 0 bridgehead atoms. The van der Waals surface area contributed by atoms with Gasteiger partial charge in [-0.15, -0.1) is 0 Å². The van der Waals surface area contributed by atoms with Crippen LogP contribution in [-0.4, -0.2) is 44.6 Å². The molecule has 0 spiro atoms. The highest BCUT2D eigenvalue weighted by molar-refractivity contribution is 5.95. The Hall–Kier alpha value is -2.90. The molecule has 1 atom stereocenters. The van der Waals surface area contributed by atoms with E-state index in [-0.39, 0.29) is 25.1 Å². The number of carbonyl (C=O) groups is 2. The summed E-state index contributed by atoms with van der Waals surface area (Å²) in [5.74, 6) is -0.0286. The first-order chi connectivity index (χ1) is 13.0. The van der Waals surface area contributed by atoms with Crippen molar-refractivity contribution >= 4 is 11.9 Å². The molecule has 0 radical (unpaired) electrons. The summed E-state index contributed by atoms with van der Waals surface area (Å²) in [6.07, 6.45) is 2.51. The van der Waals surface area contributed by atoms with Gasteiger partial charge >= 0.3 is 5.97 Å². The minimum atomic E-state index is -0.898. The molecule has 1 aliphatic carbocycles. The Balaban J connectivity index is 1.61. The fourth-order valence-corrected chi connectivity index (χ4v) is 2.66. The van der Waals surface area contributed by atoms with E-state index in [1.807, 2.05) is 6.92 Å². The Kier molecular flexibility index (Phi) is 5.73. The summed E-state index contributed by atoms with van der Waals surface area (Å²) < 4.78 is 10.6. The molecule has 1 aliphatic rings. The summed E-state index contributed by atoms with van der Waals surface area (Å²) in [4.78, 5) is 29.7. The highest BCUT2D eigenvalue weighted by Crippen LogP contribution is 2.29. The first-order valence-electron chi connectivity index (χ1n) is 9.06. The van der Waals surface area contributed by atoms with Crippen molar-refractivity contribution in [2.75, 3.05) is 6.54 Å². The van der Waals surface area contributed by atoms with Gasteiger partial charge in [0.15, 0.2) is 6.61 Å². The minimum absolute atomic E-state index is 0.140. The van der Waals surface area contributed by atoms with E-state index in [4.69, 9.17) is 14.4 Å². The molecule has 1 unspecified atom stereocenters. The van der Waals surface area contributed by atoms with Crippen molar-refractivity contribution in [2.24, 2.45) is 5.92 Å². The highest BCUT2D eigenvalue weighted by Gasteiger charge is 2.34. The monoisotopic (exact) mass is 373 g/mol. The molecule has 8 heteroatoms. The first-order valence-corrected chi connectivity index (χ1v) is 9.06. The lowest BCUT2D eigenvalue weighted by Gasteiger charge is -2.24. The number of aromatic nitrogens is 2. The summed E-state index contributed by atoms with van der Waals surface area (Å²) in [5.41, 5.74) is 0.514. The zero-order valence-corrected chi connectivity index (χ0v) is 15.4. The Bertz CT molecular complexity index is 798. The van der Waals surface area contributed by atoms with Gasteiger partial charge in [-0.1, -0.05) is 19.0 Å². The molecule has 3 rings (SSSR count). The zero-order valence-electron chi connectivity index (χ0n) is 15.4. The lowest BCUT2D eigenvalue weighted by molar-refractivity contribution is -0.141. The van der Waals surface area contributed by atoms with E-state index < -0.39 is 11.9 Å². The van der Waals surface area contributed by atoms with Crippen LogP contribution >= 0.6 is 0 Å². The molecule has 1 amide bonds. The number of aryl methyl sites for hydroxylation is 1. The highest BCUT2D eigenvalue weighted by atomic mass is 16.5. The van der Waals surface area contributed by atoms with Gasteiger partial charge in [0.05, 0.1) is 5.92 Å². The van der Waals surface area contributed by atoms with Gasteiger partial charge < -0.3 is 19.3 Å². The van der Waals surface area contributed by atoms with Crippen LogP contribution in [0.5, 0.6) is 5.75 Å². The number of carboxylic acid groups (broad SMARTS) is 1. The van der Waals surface area contributed by atoms with E-state index in [1.54, 1.807) is 36.1 Å². The molecule has 1 saturated carbocycles. The van der Waals surface area contributed by atoms with Crippen molar-refractivity contribution in [1.82, 2.24) is 15.0 Å². The maximum Gasteiger partial charge on any atom is 0.308 e. The molecule has 0 aliphatic heterocycles. The third-order valence-electron chi connectivity index (χ3n) is 4.42. The predicted octanol–water partition coefficient (Wildman–Crippen LogP) is 2.54. The molecule has 144 valence electrons. The van der Waals surface area contributed by atoms with Gasteiger partial charge in [-0.2, -0.15) is 4.98 Å². The van der Waals surface area contributed by atoms with Crippen LogP contribution in [0, 0.1) is 5.92 Å². The van der Waals surface area contributed by atoms with Crippen LogP contribution in [0.15, 0.2) is 28.8 Å². The van der Waals surface area contributed by atoms with E-state index >= 15 is 0 Å². The maximum atomic E-state index is 12.8. The molecule has 1 N–H and O–H groups in total. The summed E-state index contributed by atoms with van der Waals surface area (Å²) in [7, 11) is 0. The smallest absolute Gasteiger partial charge is 0.308 e. The average Bonchev–Trinajstić information content (AvgIpc) is 3.41. The minimum Gasteiger partial charge on any atom is -0.485 e. The third kappa shape index (κ3) is 4.84. The van der Waals surface area contributed by atoms with Gasteiger partial charge in [0.1, 0.15) is 5.75 Å². The molecule has 1 aromatic heterocycles. The number of hydrogen-bond donors (Lipinski definition) is 1. The van der Waals surface area contributed by atoms with Crippen LogP contribution in [0.1, 0.15) is 48.8 Å². The SMILES string of the molecule is CCc1nc(COc2ccc(C(=O)N(CC(C)C(=O)O)C3CC3)cc2)no1. The summed E-state index contributed by atoms with van der Waals surface area (Å²) in [5, 5.41) is 12.9. The van der Waals surface area contributed by atoms with E-state index in [1.165, 1.54) is 0 Å². The molecule has 2 aromatic rings. The summed E-state index contributed by atoms with van der Waals surface area (Å²) in [6, 6.07) is 6.93. The van der Waals surface area contributed by atoms with Gasteiger partial charge in [-0.05, 0) is 37.1 Å². The quantitative estimate of drug-likeness (QED) is 0.720. The Morgan fingerprint density at radius 3 is 2.59 bits per heavy atom. The molecule has 1 aromatic carbocycles. The number of benzene rings is 1. The van der Waals surface area contributed by atoms with E-state index in [2.05, 4.69) is 10.1 Å². The normalized spacial score (nSPS) is 14.6. The molecule has 27 heavy (non-hydrogen) atoms. The van der Waals surface area contributed by atoms with E-state index in [0.717, 1.165) is 12.8 Å². The van der Waals surface area contributed by atoms with Crippen molar-refractivity contribution in [3.63, 3.8) is 0 Å². The number of aliphatic carboxylic acids is 1. The van der Waals surface area contributed by atoms with Gasteiger partial charge in [-0.3, -0.25) is 9.59 Å². The second-order valence-corrected chi connectivity index (χ2v) is 6.70.